The molecule has 0 aliphatic rings. The maximum atomic E-state index is 13.2. The van der Waals surface area contributed by atoms with E-state index in [9.17, 15) is 14.3 Å². The molecule has 0 radical (unpaired) electrons. The molecule has 0 unspecified atom stereocenters. The fraction of sp³-hybridized carbons (Fsp3) is 0.400. The number of carbonyl (C=O) groups excluding carboxylic acids is 1. The Morgan fingerprint density at radius 3 is 2.70 bits per heavy atom. The Kier molecular flexibility index (Phi) is 4.11. The minimum atomic E-state index is -0.936. The summed E-state index contributed by atoms with van der Waals surface area (Å²) in [6.07, 6.45) is 0. The zero-order valence-corrected chi connectivity index (χ0v) is 12.6. The summed E-state index contributed by atoms with van der Waals surface area (Å²) < 4.78 is 13.9. The van der Waals surface area contributed by atoms with Crippen LogP contribution < -0.4 is 0 Å². The molecule has 0 aliphatic heterocycles. The normalized spacial score (nSPS) is 11.8. The molecule has 0 atom stereocenters. The molecule has 1 amide bonds. The fourth-order valence-electron chi connectivity index (χ4n) is 2.06. The number of rotatable bonds is 4. The third-order valence-corrected chi connectivity index (χ3v) is 4.03. The monoisotopic (exact) mass is 295 g/mol. The molecule has 20 heavy (non-hydrogen) atoms. The highest BCUT2D eigenvalue weighted by atomic mass is 32.1. The fourth-order valence-corrected chi connectivity index (χ4v) is 3.12. The number of carbonyl (C=O) groups is 1. The number of thiophene rings is 1. The van der Waals surface area contributed by atoms with E-state index in [1.54, 1.807) is 30.9 Å². The van der Waals surface area contributed by atoms with Gasteiger partial charge in [0.05, 0.1) is 10.5 Å². The first kappa shape index (κ1) is 14.9. The Balaban J connectivity index is 2.29. The topological polar surface area (TPSA) is 40.5 Å². The summed E-state index contributed by atoms with van der Waals surface area (Å²) in [5.41, 5.74) is -0.936. The van der Waals surface area contributed by atoms with Crippen LogP contribution in [-0.2, 0) is 0 Å². The van der Waals surface area contributed by atoms with E-state index in [1.165, 1.54) is 23.5 Å². The summed E-state index contributed by atoms with van der Waals surface area (Å²) in [5, 5.41) is 10.7. The summed E-state index contributed by atoms with van der Waals surface area (Å²) in [4.78, 5) is 14.6. The molecular formula is C15H18FNO2S. The average molecular weight is 295 g/mol. The molecule has 1 aromatic heterocycles. The van der Waals surface area contributed by atoms with Crippen LogP contribution in [0.15, 0.2) is 24.3 Å². The smallest absolute Gasteiger partial charge is 0.264 e. The summed E-state index contributed by atoms with van der Waals surface area (Å²) in [7, 11) is 0. The molecule has 5 heteroatoms. The van der Waals surface area contributed by atoms with Gasteiger partial charge in [-0.25, -0.2) is 4.39 Å². The van der Waals surface area contributed by atoms with Crippen LogP contribution in [0, 0.1) is 5.82 Å². The van der Waals surface area contributed by atoms with Crippen LogP contribution in [0.2, 0.25) is 0 Å². The van der Waals surface area contributed by atoms with E-state index in [-0.39, 0.29) is 18.3 Å². The van der Waals surface area contributed by atoms with Crippen molar-refractivity contribution in [1.82, 2.24) is 4.90 Å². The van der Waals surface area contributed by atoms with Crippen LogP contribution in [0.1, 0.15) is 30.4 Å². The number of hydrogen-bond acceptors (Lipinski definition) is 3. The minimum absolute atomic E-state index is 0.128. The third-order valence-electron chi connectivity index (χ3n) is 2.94. The van der Waals surface area contributed by atoms with Gasteiger partial charge in [-0.1, -0.05) is 6.07 Å². The molecule has 1 N–H and O–H groups in total. The minimum Gasteiger partial charge on any atom is -0.389 e. The van der Waals surface area contributed by atoms with E-state index < -0.39 is 5.60 Å². The van der Waals surface area contributed by atoms with Gasteiger partial charge in [0, 0.05) is 17.8 Å². The molecule has 3 nitrogen and oxygen atoms in total. The van der Waals surface area contributed by atoms with Crippen molar-refractivity contribution in [2.24, 2.45) is 0 Å². The van der Waals surface area contributed by atoms with Crippen molar-refractivity contribution in [1.29, 1.82) is 0 Å². The molecule has 0 fully saturated rings. The van der Waals surface area contributed by atoms with Crippen molar-refractivity contribution in [2.45, 2.75) is 26.4 Å². The second-order valence-corrected chi connectivity index (χ2v) is 6.51. The van der Waals surface area contributed by atoms with Gasteiger partial charge < -0.3 is 10.0 Å². The van der Waals surface area contributed by atoms with Crippen LogP contribution in [0.3, 0.4) is 0 Å². The number of likely N-dealkylation sites (N-methyl/N-ethyl adjacent to an activating group) is 1. The number of hydrogen-bond donors (Lipinski definition) is 1. The van der Waals surface area contributed by atoms with Crippen LogP contribution >= 0.6 is 11.3 Å². The van der Waals surface area contributed by atoms with Crippen molar-refractivity contribution in [3.05, 3.63) is 35.0 Å². The van der Waals surface area contributed by atoms with Gasteiger partial charge in [0.2, 0.25) is 0 Å². The molecule has 2 rings (SSSR count). The first-order valence-electron chi connectivity index (χ1n) is 6.51. The number of halogens is 1. The largest absolute Gasteiger partial charge is 0.389 e. The maximum Gasteiger partial charge on any atom is 0.264 e. The molecule has 0 saturated carbocycles. The van der Waals surface area contributed by atoms with Gasteiger partial charge in [0.15, 0.2) is 0 Å². The number of benzene rings is 1. The molecule has 0 spiro atoms. The highest BCUT2D eigenvalue weighted by molar-refractivity contribution is 7.20. The molecule has 0 bridgehead atoms. The number of aliphatic hydroxyl groups is 1. The van der Waals surface area contributed by atoms with Gasteiger partial charge in [-0.15, -0.1) is 11.3 Å². The predicted molar refractivity (Wildman–Crippen MR) is 79.7 cm³/mol. The van der Waals surface area contributed by atoms with E-state index in [1.807, 2.05) is 6.92 Å². The predicted octanol–water partition coefficient (Wildman–Crippen LogP) is 3.27. The molecule has 1 aromatic carbocycles. The second kappa shape index (κ2) is 5.50. The first-order valence-corrected chi connectivity index (χ1v) is 7.32. The summed E-state index contributed by atoms with van der Waals surface area (Å²) >= 11 is 1.28. The molecule has 1 heterocycles. The third kappa shape index (κ3) is 3.35. The van der Waals surface area contributed by atoms with E-state index >= 15 is 0 Å². The lowest BCUT2D eigenvalue weighted by atomic mass is 10.1. The van der Waals surface area contributed by atoms with Crippen LogP contribution in [0.4, 0.5) is 4.39 Å². The van der Waals surface area contributed by atoms with Gasteiger partial charge in [-0.05, 0) is 44.4 Å². The van der Waals surface area contributed by atoms with E-state index in [0.29, 0.717) is 11.4 Å². The second-order valence-electron chi connectivity index (χ2n) is 5.42. The van der Waals surface area contributed by atoms with Crippen molar-refractivity contribution >= 4 is 27.3 Å². The van der Waals surface area contributed by atoms with Gasteiger partial charge >= 0.3 is 0 Å². The molecular weight excluding hydrogens is 277 g/mol. The molecule has 0 aliphatic carbocycles. The summed E-state index contributed by atoms with van der Waals surface area (Å²) in [6, 6.07) is 6.26. The number of nitrogens with zero attached hydrogens (tertiary/aromatic N) is 1. The SMILES string of the molecule is CCN(CC(C)(C)O)C(=O)c1cc2ccc(F)cc2s1. The van der Waals surface area contributed by atoms with Crippen LogP contribution in [0.5, 0.6) is 0 Å². The first-order chi connectivity index (χ1) is 9.30. The van der Waals surface area contributed by atoms with Gasteiger partial charge in [0.25, 0.3) is 5.91 Å². The van der Waals surface area contributed by atoms with E-state index in [0.717, 1.165) is 10.1 Å². The lowest BCUT2D eigenvalue weighted by Gasteiger charge is -2.27. The molecule has 0 saturated heterocycles. The quantitative estimate of drug-likeness (QED) is 0.940. The van der Waals surface area contributed by atoms with Gasteiger partial charge in [-0.2, -0.15) is 0 Å². The summed E-state index contributed by atoms with van der Waals surface area (Å²) in [6.45, 7) is 6.00. The summed E-state index contributed by atoms with van der Waals surface area (Å²) in [5.74, 6) is -0.432. The Hall–Kier alpha value is -1.46. The van der Waals surface area contributed by atoms with Crippen molar-refractivity contribution < 1.29 is 14.3 Å². The van der Waals surface area contributed by atoms with E-state index in [4.69, 9.17) is 0 Å². The number of amides is 1. The van der Waals surface area contributed by atoms with E-state index in [2.05, 4.69) is 0 Å². The Bertz CT molecular complexity index is 630. The molecule has 108 valence electrons. The highest BCUT2D eigenvalue weighted by Crippen LogP contribution is 2.27. The lowest BCUT2D eigenvalue weighted by molar-refractivity contribution is 0.0317. The number of fused-ring (bicyclic) bond motifs is 1. The standard InChI is InChI=1S/C15H18FNO2S/c1-4-17(9-15(2,3)19)14(18)13-7-10-5-6-11(16)8-12(10)20-13/h5-8,19H,4,9H2,1-3H3. The molecule has 2 aromatic rings. The maximum absolute atomic E-state index is 13.2. The Morgan fingerprint density at radius 2 is 2.10 bits per heavy atom. The zero-order valence-electron chi connectivity index (χ0n) is 11.8. The van der Waals surface area contributed by atoms with Gasteiger partial charge in [-0.3, -0.25) is 4.79 Å². The highest BCUT2D eigenvalue weighted by Gasteiger charge is 2.23. The Labute approximate surface area is 121 Å². The van der Waals surface area contributed by atoms with Crippen LogP contribution in [0.25, 0.3) is 10.1 Å². The van der Waals surface area contributed by atoms with Crippen LogP contribution in [-0.4, -0.2) is 34.6 Å². The average Bonchev–Trinajstić information content (AvgIpc) is 2.76. The van der Waals surface area contributed by atoms with Crippen molar-refractivity contribution in [3.63, 3.8) is 0 Å². The van der Waals surface area contributed by atoms with Crippen molar-refractivity contribution in [3.8, 4) is 0 Å². The van der Waals surface area contributed by atoms with Gasteiger partial charge in [0.1, 0.15) is 5.82 Å². The zero-order chi connectivity index (χ0) is 14.9. The van der Waals surface area contributed by atoms with Crippen molar-refractivity contribution in [2.75, 3.05) is 13.1 Å². The Morgan fingerprint density at radius 1 is 1.40 bits per heavy atom. The lowest BCUT2D eigenvalue weighted by Crippen LogP contribution is -2.41.